The van der Waals surface area contributed by atoms with Crippen molar-refractivity contribution in [2.45, 2.75) is 32.2 Å². The first-order chi connectivity index (χ1) is 15.6. The average molecular weight is 434 g/mol. The van der Waals surface area contributed by atoms with Crippen molar-refractivity contribution in [2.75, 3.05) is 13.2 Å². The lowest BCUT2D eigenvalue weighted by Gasteiger charge is -2.28. The molecule has 1 aromatic carbocycles. The highest BCUT2D eigenvalue weighted by molar-refractivity contribution is 5.79. The van der Waals surface area contributed by atoms with Crippen LogP contribution in [0, 0.1) is 11.8 Å². The summed E-state index contributed by atoms with van der Waals surface area (Å²) in [7, 11) is 0. The third-order valence-corrected chi connectivity index (χ3v) is 6.01. The average Bonchev–Trinajstić information content (AvgIpc) is 2.82. The van der Waals surface area contributed by atoms with Crippen LogP contribution >= 0.6 is 0 Å². The molecular weight excluding hydrogens is 406 g/mol. The van der Waals surface area contributed by atoms with Gasteiger partial charge in [0.2, 0.25) is 0 Å². The molecule has 0 spiro atoms. The van der Waals surface area contributed by atoms with Crippen molar-refractivity contribution in [2.24, 2.45) is 11.8 Å². The second-order valence-corrected chi connectivity index (χ2v) is 8.32. The largest absolute Gasteiger partial charge is 0.480 e. The van der Waals surface area contributed by atoms with Gasteiger partial charge in [-0.1, -0.05) is 30.3 Å². The van der Waals surface area contributed by atoms with E-state index in [4.69, 9.17) is 14.9 Å². The van der Waals surface area contributed by atoms with Crippen LogP contribution in [0.25, 0.3) is 22.4 Å². The van der Waals surface area contributed by atoms with E-state index in [1.54, 1.807) is 23.1 Å². The Balaban J connectivity index is 1.52. The van der Waals surface area contributed by atoms with Crippen LogP contribution in [0.4, 0.5) is 0 Å². The summed E-state index contributed by atoms with van der Waals surface area (Å²) in [5.74, 6) is -0.194. The monoisotopic (exact) mass is 433 g/mol. The molecule has 1 aliphatic rings. The van der Waals surface area contributed by atoms with E-state index >= 15 is 0 Å². The zero-order valence-corrected chi connectivity index (χ0v) is 17.9. The fourth-order valence-electron chi connectivity index (χ4n) is 4.32. The summed E-state index contributed by atoms with van der Waals surface area (Å²) < 4.78 is 6.85. The van der Waals surface area contributed by atoms with Gasteiger partial charge in [-0.3, -0.25) is 9.78 Å². The summed E-state index contributed by atoms with van der Waals surface area (Å²) in [6.45, 7) is 0.814. The first-order valence-corrected chi connectivity index (χ1v) is 11.0. The van der Waals surface area contributed by atoms with Gasteiger partial charge in [0.15, 0.2) is 0 Å². The molecule has 2 heterocycles. The van der Waals surface area contributed by atoms with Gasteiger partial charge in [-0.15, -0.1) is 0 Å². The lowest BCUT2D eigenvalue weighted by atomic mass is 9.82. The molecule has 1 fully saturated rings. The van der Waals surface area contributed by atoms with Crippen LogP contribution in [-0.4, -0.2) is 39.1 Å². The first-order valence-electron chi connectivity index (χ1n) is 11.0. The second kappa shape index (κ2) is 10.3. The molecule has 32 heavy (non-hydrogen) atoms. The van der Waals surface area contributed by atoms with Crippen LogP contribution in [0.2, 0.25) is 0 Å². The molecule has 0 unspecified atom stereocenters. The maximum Gasteiger partial charge on any atom is 0.329 e. The summed E-state index contributed by atoms with van der Waals surface area (Å²) >= 11 is 0. The minimum Gasteiger partial charge on any atom is -0.480 e. The zero-order valence-electron chi connectivity index (χ0n) is 17.9. The molecule has 1 N–H and O–H groups in total. The van der Waals surface area contributed by atoms with Crippen LogP contribution in [-0.2, 0) is 16.1 Å². The quantitative estimate of drug-likeness (QED) is 0.579. The molecule has 2 aromatic heterocycles. The predicted octanol–water partition coefficient (Wildman–Crippen LogP) is 3.88. The van der Waals surface area contributed by atoms with Crippen LogP contribution < -0.4 is 5.56 Å². The molecular formula is C25H27N3O4. The first kappa shape index (κ1) is 21.9. The van der Waals surface area contributed by atoms with Crippen LogP contribution in [0.1, 0.15) is 25.7 Å². The summed E-state index contributed by atoms with van der Waals surface area (Å²) in [5.41, 5.74) is 3.37. The van der Waals surface area contributed by atoms with Gasteiger partial charge in [0.25, 0.3) is 5.56 Å². The Morgan fingerprint density at radius 2 is 1.69 bits per heavy atom. The Kier molecular flexibility index (Phi) is 7.07. The fourth-order valence-corrected chi connectivity index (χ4v) is 4.32. The Labute approximate surface area is 186 Å². The topological polar surface area (TPSA) is 94.3 Å². The fraction of sp³-hybridized carbons (Fsp3) is 0.360. The van der Waals surface area contributed by atoms with E-state index < -0.39 is 5.97 Å². The van der Waals surface area contributed by atoms with Crippen LogP contribution in [0.5, 0.6) is 0 Å². The number of hydrogen-bond acceptors (Lipinski definition) is 5. The van der Waals surface area contributed by atoms with Gasteiger partial charge in [-0.2, -0.15) is 5.10 Å². The molecule has 1 saturated carbocycles. The molecule has 7 nitrogen and oxygen atoms in total. The van der Waals surface area contributed by atoms with Crippen molar-refractivity contribution in [3.05, 3.63) is 71.3 Å². The van der Waals surface area contributed by atoms with Crippen LogP contribution in [0.15, 0.2) is 65.7 Å². The molecule has 0 bridgehead atoms. The number of aliphatic carboxylic acids is 1. The summed E-state index contributed by atoms with van der Waals surface area (Å²) in [5, 5.41) is 13.5. The van der Waals surface area contributed by atoms with E-state index in [0.717, 1.165) is 48.1 Å². The Morgan fingerprint density at radius 1 is 1.00 bits per heavy atom. The third kappa shape index (κ3) is 5.48. The smallest absolute Gasteiger partial charge is 0.329 e. The van der Waals surface area contributed by atoms with Crippen molar-refractivity contribution >= 4 is 5.97 Å². The Bertz CT molecular complexity index is 1090. The summed E-state index contributed by atoms with van der Waals surface area (Å²) in [4.78, 5) is 27.7. The standard InChI is InChI=1S/C25H27N3O4/c29-23-14-22(20-4-2-1-3-5-20)25(21-10-12-26-13-11-21)27-28(23)15-18-6-8-19(9-7-18)16-32-17-24(30)31/h1-5,10-14,18-19H,6-9,15-17H2,(H,30,31). The maximum absolute atomic E-state index is 13.0. The summed E-state index contributed by atoms with van der Waals surface area (Å²) in [6.07, 6.45) is 7.35. The van der Waals surface area contributed by atoms with E-state index in [1.807, 2.05) is 42.5 Å². The molecule has 0 radical (unpaired) electrons. The van der Waals surface area contributed by atoms with E-state index in [1.165, 1.54) is 0 Å². The lowest BCUT2D eigenvalue weighted by Crippen LogP contribution is -2.29. The zero-order chi connectivity index (χ0) is 22.3. The SMILES string of the molecule is O=C(O)COCC1CCC(Cn2nc(-c3ccncc3)c(-c3ccccc3)cc2=O)CC1. The number of pyridine rings is 1. The molecule has 0 saturated heterocycles. The number of hydrogen-bond donors (Lipinski definition) is 1. The van der Waals surface area contributed by atoms with Crippen molar-refractivity contribution in [1.29, 1.82) is 0 Å². The number of carboxylic acid groups (broad SMARTS) is 1. The number of carboxylic acids is 1. The van der Waals surface area contributed by atoms with Crippen molar-refractivity contribution in [3.63, 3.8) is 0 Å². The van der Waals surface area contributed by atoms with Gasteiger partial charge in [-0.05, 0) is 55.2 Å². The van der Waals surface area contributed by atoms with E-state index in [0.29, 0.717) is 25.0 Å². The number of carbonyl (C=O) groups is 1. The molecule has 3 aromatic rings. The number of ether oxygens (including phenoxy) is 1. The molecule has 4 rings (SSSR count). The van der Waals surface area contributed by atoms with E-state index in [9.17, 15) is 9.59 Å². The van der Waals surface area contributed by atoms with Gasteiger partial charge in [-0.25, -0.2) is 9.48 Å². The van der Waals surface area contributed by atoms with Gasteiger partial charge in [0.05, 0.1) is 12.3 Å². The number of rotatable bonds is 8. The Morgan fingerprint density at radius 3 is 2.38 bits per heavy atom. The highest BCUT2D eigenvalue weighted by Gasteiger charge is 2.23. The molecule has 0 amide bonds. The lowest BCUT2D eigenvalue weighted by molar-refractivity contribution is -0.142. The van der Waals surface area contributed by atoms with Gasteiger partial charge in [0.1, 0.15) is 6.61 Å². The molecule has 0 atom stereocenters. The van der Waals surface area contributed by atoms with Crippen LogP contribution in [0.3, 0.4) is 0 Å². The highest BCUT2D eigenvalue weighted by atomic mass is 16.5. The van der Waals surface area contributed by atoms with Crippen molar-refractivity contribution in [3.8, 4) is 22.4 Å². The number of aromatic nitrogens is 3. The van der Waals surface area contributed by atoms with E-state index in [-0.39, 0.29) is 12.2 Å². The van der Waals surface area contributed by atoms with Gasteiger partial charge < -0.3 is 9.84 Å². The predicted molar refractivity (Wildman–Crippen MR) is 121 cm³/mol. The Hall–Kier alpha value is -3.32. The van der Waals surface area contributed by atoms with Crippen molar-refractivity contribution < 1.29 is 14.6 Å². The normalized spacial score (nSPS) is 18.4. The second-order valence-electron chi connectivity index (χ2n) is 8.32. The molecule has 7 heteroatoms. The molecule has 166 valence electrons. The molecule has 0 aliphatic heterocycles. The van der Waals surface area contributed by atoms with Gasteiger partial charge in [0, 0.05) is 36.1 Å². The summed E-state index contributed by atoms with van der Waals surface area (Å²) in [6, 6.07) is 15.3. The van der Waals surface area contributed by atoms with Crippen molar-refractivity contribution in [1.82, 2.24) is 14.8 Å². The maximum atomic E-state index is 13.0. The third-order valence-electron chi connectivity index (χ3n) is 6.01. The number of nitrogens with zero attached hydrogens (tertiary/aromatic N) is 3. The minimum atomic E-state index is -0.937. The van der Waals surface area contributed by atoms with Gasteiger partial charge >= 0.3 is 5.97 Å². The van der Waals surface area contributed by atoms with E-state index in [2.05, 4.69) is 4.98 Å². The number of benzene rings is 1. The highest BCUT2D eigenvalue weighted by Crippen LogP contribution is 2.31. The molecule has 1 aliphatic carbocycles. The minimum absolute atomic E-state index is 0.103.